The molecule has 0 fully saturated rings. The van der Waals surface area contributed by atoms with Crippen LogP contribution in [0.1, 0.15) is 0 Å². The third-order valence-electron chi connectivity index (χ3n) is 0.571. The molecule has 0 atom stereocenters. The Morgan fingerprint density at radius 1 is 1.75 bits per heavy atom. The van der Waals surface area contributed by atoms with Crippen molar-refractivity contribution in [3.05, 3.63) is 0 Å². The summed E-state index contributed by atoms with van der Waals surface area (Å²) < 4.78 is 2.41. The van der Waals surface area contributed by atoms with Crippen LogP contribution in [0.15, 0.2) is 0 Å². The summed E-state index contributed by atoms with van der Waals surface area (Å²) in [5, 5.41) is 10.3. The summed E-state index contributed by atoms with van der Waals surface area (Å²) in [5.41, 5.74) is 0. The van der Waals surface area contributed by atoms with Crippen molar-refractivity contribution >= 4 is 16.6 Å². The van der Waals surface area contributed by atoms with Gasteiger partial charge in [-0.1, -0.05) is 10.2 Å². The Kier molecular flexibility index (Phi) is 2.35. The fourth-order valence-electron chi connectivity index (χ4n) is 0.147. The first-order chi connectivity index (χ1) is 3.62. The predicted octanol–water partition coefficient (Wildman–Crippen LogP) is 0.193. The Morgan fingerprint density at radius 3 is 2.38 bits per heavy atom. The van der Waals surface area contributed by atoms with Crippen LogP contribution in [0.3, 0.4) is 0 Å². The van der Waals surface area contributed by atoms with E-state index in [1.54, 1.807) is 12.5 Å². The molecule has 0 radical (unpaired) electrons. The van der Waals surface area contributed by atoms with Crippen LogP contribution in [0.25, 0.3) is 0 Å². The number of nitrogens with zero attached hydrogens (tertiary/aromatic N) is 1. The van der Waals surface area contributed by atoms with Gasteiger partial charge in [0.15, 0.2) is 0 Å². The summed E-state index contributed by atoms with van der Waals surface area (Å²) in [5.74, 6) is 0. The number of thiocyanates is 1. The number of nitrogens with one attached hydrogen (secondary N) is 1. The Morgan fingerprint density at radius 2 is 2.25 bits per heavy atom. The maximum Gasteiger partial charge on any atom is 0.216 e. The molecule has 46 valence electrons. The number of carbonyl (C=O) groups excluding carboxylic acids is 1. The first kappa shape index (κ1) is 7.31. The molecule has 0 spiro atoms. The fraction of sp³-hybridized carbons (Fsp3) is 0.500. The topological polar surface area (TPSA) is 52.9 Å². The van der Waals surface area contributed by atoms with Gasteiger partial charge in [0.25, 0.3) is 0 Å². The molecule has 8 heavy (non-hydrogen) atoms. The quantitative estimate of drug-likeness (QED) is 0.431. The van der Waals surface area contributed by atoms with Crippen molar-refractivity contribution in [1.29, 1.82) is 5.26 Å². The summed E-state index contributed by atoms with van der Waals surface area (Å²) >= 11 is 0. The van der Waals surface area contributed by atoms with E-state index in [0.29, 0.717) is 6.41 Å². The van der Waals surface area contributed by atoms with Gasteiger partial charge in [-0.3, -0.25) is 4.79 Å². The van der Waals surface area contributed by atoms with Crippen LogP contribution in [0.2, 0.25) is 0 Å². The van der Waals surface area contributed by atoms with Crippen molar-refractivity contribution in [1.82, 2.24) is 4.72 Å². The van der Waals surface area contributed by atoms with Crippen molar-refractivity contribution in [3.63, 3.8) is 0 Å². The van der Waals surface area contributed by atoms with Crippen LogP contribution in [-0.4, -0.2) is 18.9 Å². The molecule has 0 aromatic heterocycles. The molecule has 0 rings (SSSR count). The highest BCUT2D eigenvalue weighted by Crippen LogP contribution is 2.30. The van der Waals surface area contributed by atoms with Crippen molar-refractivity contribution in [3.8, 4) is 5.40 Å². The Labute approximate surface area is 50.1 Å². The lowest BCUT2D eigenvalue weighted by molar-refractivity contribution is -0.107. The average molecular weight is 132 g/mol. The third kappa shape index (κ3) is 2.48. The van der Waals surface area contributed by atoms with Crippen LogP contribution >= 0.6 is 10.2 Å². The molecule has 0 saturated heterocycles. The molecule has 3 nitrogen and oxygen atoms in total. The molecule has 0 aliphatic carbocycles. The number of hydrogen-bond acceptors (Lipinski definition) is 2. The first-order valence-corrected chi connectivity index (χ1v) is 4.42. The first-order valence-electron chi connectivity index (χ1n) is 1.97. The van der Waals surface area contributed by atoms with Crippen LogP contribution in [0.4, 0.5) is 0 Å². The van der Waals surface area contributed by atoms with Gasteiger partial charge in [-0.15, -0.1) is 0 Å². The Balaban J connectivity index is 3.76. The minimum absolute atomic E-state index is 0.554. The minimum atomic E-state index is -1.48. The van der Waals surface area contributed by atoms with Crippen LogP contribution in [-0.2, 0) is 4.79 Å². The van der Waals surface area contributed by atoms with Gasteiger partial charge in [-0.05, 0) is 12.5 Å². The average Bonchev–Trinajstić information content (AvgIpc) is 1.67. The van der Waals surface area contributed by atoms with Crippen LogP contribution < -0.4 is 4.72 Å². The van der Waals surface area contributed by atoms with E-state index in [0.717, 1.165) is 0 Å². The summed E-state index contributed by atoms with van der Waals surface area (Å²) in [6.07, 6.45) is 3.97. The largest absolute Gasteiger partial charge is 0.309 e. The zero-order valence-electron chi connectivity index (χ0n) is 4.84. The zero-order valence-corrected chi connectivity index (χ0v) is 5.66. The number of nitriles is 1. The van der Waals surface area contributed by atoms with Crippen LogP contribution in [0, 0.1) is 10.7 Å². The number of rotatable bonds is 2. The van der Waals surface area contributed by atoms with Gasteiger partial charge in [-0.2, -0.15) is 5.26 Å². The van der Waals surface area contributed by atoms with Gasteiger partial charge in [0.2, 0.25) is 6.41 Å². The normalized spacial score (nSPS) is 11.6. The smallest absolute Gasteiger partial charge is 0.216 e. The van der Waals surface area contributed by atoms with E-state index in [9.17, 15) is 4.79 Å². The zero-order chi connectivity index (χ0) is 6.62. The summed E-state index contributed by atoms with van der Waals surface area (Å²) in [6, 6.07) is 0. The molecule has 0 bridgehead atoms. The summed E-state index contributed by atoms with van der Waals surface area (Å²) in [7, 11) is -1.48. The SMILES string of the molecule is CS(C)(C#N)NC=O. The molecule has 1 amide bonds. The lowest BCUT2D eigenvalue weighted by Crippen LogP contribution is -2.13. The Hall–Kier alpha value is -0.690. The van der Waals surface area contributed by atoms with E-state index >= 15 is 0 Å². The van der Waals surface area contributed by atoms with Gasteiger partial charge in [0.05, 0.1) is 0 Å². The molecule has 0 aliphatic heterocycles. The van der Waals surface area contributed by atoms with Crippen molar-refractivity contribution < 1.29 is 4.79 Å². The molecule has 4 heteroatoms. The highest BCUT2D eigenvalue weighted by molar-refractivity contribution is 8.35. The van der Waals surface area contributed by atoms with E-state index in [-0.39, 0.29) is 0 Å². The fourth-order valence-corrected chi connectivity index (χ4v) is 0.440. The number of carbonyl (C=O) groups is 1. The van der Waals surface area contributed by atoms with E-state index in [2.05, 4.69) is 4.72 Å². The maximum atomic E-state index is 9.74. The molecule has 0 aromatic rings. The molecular weight excluding hydrogens is 124 g/mol. The molecule has 1 N–H and O–H groups in total. The van der Waals surface area contributed by atoms with Crippen molar-refractivity contribution in [2.24, 2.45) is 0 Å². The van der Waals surface area contributed by atoms with Crippen LogP contribution in [0.5, 0.6) is 0 Å². The highest BCUT2D eigenvalue weighted by Gasteiger charge is 2.04. The van der Waals surface area contributed by atoms with E-state index in [1.807, 2.05) is 5.40 Å². The second-order valence-electron chi connectivity index (χ2n) is 1.65. The second kappa shape index (κ2) is 2.58. The molecular formula is C4H8N2OS. The van der Waals surface area contributed by atoms with Gasteiger partial charge < -0.3 is 4.72 Å². The Bertz CT molecular complexity index is 126. The van der Waals surface area contributed by atoms with E-state index in [4.69, 9.17) is 5.26 Å². The van der Waals surface area contributed by atoms with Gasteiger partial charge >= 0.3 is 0 Å². The molecule has 0 saturated carbocycles. The van der Waals surface area contributed by atoms with E-state index in [1.165, 1.54) is 0 Å². The van der Waals surface area contributed by atoms with Gasteiger partial charge in [0.1, 0.15) is 5.40 Å². The van der Waals surface area contributed by atoms with Crippen molar-refractivity contribution in [2.75, 3.05) is 12.5 Å². The summed E-state index contributed by atoms with van der Waals surface area (Å²) in [4.78, 5) is 9.74. The monoisotopic (exact) mass is 132 g/mol. The lowest BCUT2D eigenvalue weighted by Gasteiger charge is -2.18. The highest BCUT2D eigenvalue weighted by atomic mass is 32.3. The lowest BCUT2D eigenvalue weighted by atomic mass is 11.5. The van der Waals surface area contributed by atoms with Gasteiger partial charge in [-0.25, -0.2) is 0 Å². The molecule has 0 aliphatic rings. The maximum absolute atomic E-state index is 9.74. The number of amides is 1. The third-order valence-corrected chi connectivity index (χ3v) is 1.71. The molecule has 0 unspecified atom stereocenters. The molecule has 0 heterocycles. The minimum Gasteiger partial charge on any atom is -0.309 e. The number of hydrogen-bond donors (Lipinski definition) is 1. The second-order valence-corrected chi connectivity index (χ2v) is 4.73. The standard InChI is InChI=1S/C4H8N2OS/c1-8(2,3-5)6-4-7/h4H,1-2H3,(H,6,7). The van der Waals surface area contributed by atoms with Crippen molar-refractivity contribution in [2.45, 2.75) is 0 Å². The van der Waals surface area contributed by atoms with Gasteiger partial charge in [0, 0.05) is 0 Å². The summed E-state index contributed by atoms with van der Waals surface area (Å²) in [6.45, 7) is 0. The molecule has 0 aromatic carbocycles. The van der Waals surface area contributed by atoms with E-state index < -0.39 is 10.2 Å². The predicted molar refractivity (Wildman–Crippen MR) is 34.3 cm³/mol.